The van der Waals surface area contributed by atoms with E-state index in [-0.39, 0.29) is 12.4 Å². The van der Waals surface area contributed by atoms with Crippen LogP contribution in [0.1, 0.15) is 18.9 Å². The zero-order chi connectivity index (χ0) is 9.80. The Labute approximate surface area is 97.4 Å². The van der Waals surface area contributed by atoms with Crippen LogP contribution in [0.3, 0.4) is 0 Å². The molecule has 0 radical (unpaired) electrons. The highest BCUT2D eigenvalue weighted by molar-refractivity contribution is 5.85. The number of aryl methyl sites for hydroxylation is 1. The van der Waals surface area contributed by atoms with Crippen molar-refractivity contribution >= 4 is 12.4 Å². The Morgan fingerprint density at radius 1 is 1.47 bits per heavy atom. The van der Waals surface area contributed by atoms with E-state index in [9.17, 15) is 0 Å². The molecule has 0 saturated carbocycles. The van der Waals surface area contributed by atoms with Gasteiger partial charge in [0.1, 0.15) is 11.9 Å². The van der Waals surface area contributed by atoms with Gasteiger partial charge in [-0.05, 0) is 37.1 Å². The Kier molecular flexibility index (Phi) is 4.92. The maximum absolute atomic E-state index is 5.86. The van der Waals surface area contributed by atoms with Gasteiger partial charge in [-0.2, -0.15) is 0 Å². The summed E-state index contributed by atoms with van der Waals surface area (Å²) in [6.07, 6.45) is 2.55. The molecule has 2 rings (SSSR count). The Morgan fingerprint density at radius 2 is 2.33 bits per heavy atom. The summed E-state index contributed by atoms with van der Waals surface area (Å²) in [5.41, 5.74) is 1.34. The fourth-order valence-electron chi connectivity index (χ4n) is 1.76. The molecule has 0 aromatic heterocycles. The second-order valence-corrected chi connectivity index (χ2v) is 3.73. The van der Waals surface area contributed by atoms with Gasteiger partial charge in [0.25, 0.3) is 0 Å². The second-order valence-electron chi connectivity index (χ2n) is 3.73. The molecule has 0 amide bonds. The third-order valence-corrected chi connectivity index (χ3v) is 2.62. The first-order valence-electron chi connectivity index (χ1n) is 5.35. The number of rotatable bonds is 3. The SMILES string of the molecule is CCc1cccc(OC2CCNC2)c1.Cl. The lowest BCUT2D eigenvalue weighted by molar-refractivity contribution is 0.223. The van der Waals surface area contributed by atoms with Gasteiger partial charge < -0.3 is 10.1 Å². The van der Waals surface area contributed by atoms with Crippen LogP contribution in [0, 0.1) is 0 Å². The van der Waals surface area contributed by atoms with Gasteiger partial charge in [0.05, 0.1) is 0 Å². The minimum absolute atomic E-state index is 0. The van der Waals surface area contributed by atoms with E-state index >= 15 is 0 Å². The summed E-state index contributed by atoms with van der Waals surface area (Å²) >= 11 is 0. The molecule has 1 unspecified atom stereocenters. The molecule has 1 aliphatic rings. The molecule has 0 aliphatic carbocycles. The van der Waals surface area contributed by atoms with Crippen molar-refractivity contribution in [2.75, 3.05) is 13.1 Å². The Balaban J connectivity index is 0.00000112. The molecule has 2 nitrogen and oxygen atoms in total. The fraction of sp³-hybridized carbons (Fsp3) is 0.500. The van der Waals surface area contributed by atoms with E-state index in [0.717, 1.165) is 31.7 Å². The number of benzene rings is 1. The summed E-state index contributed by atoms with van der Waals surface area (Å²) in [4.78, 5) is 0. The molecule has 0 spiro atoms. The highest BCUT2D eigenvalue weighted by atomic mass is 35.5. The smallest absolute Gasteiger partial charge is 0.120 e. The van der Waals surface area contributed by atoms with Crippen LogP contribution in [0.4, 0.5) is 0 Å². The number of hydrogen-bond acceptors (Lipinski definition) is 2. The highest BCUT2D eigenvalue weighted by Crippen LogP contribution is 2.17. The van der Waals surface area contributed by atoms with Crippen LogP contribution < -0.4 is 10.1 Å². The molecule has 1 aromatic rings. The number of halogens is 1. The van der Waals surface area contributed by atoms with Crippen molar-refractivity contribution in [3.05, 3.63) is 29.8 Å². The standard InChI is InChI=1S/C12H17NO.ClH/c1-2-10-4-3-5-11(8-10)14-12-6-7-13-9-12;/h3-5,8,12-13H,2,6-7,9H2,1H3;1H. The van der Waals surface area contributed by atoms with Gasteiger partial charge in [0.15, 0.2) is 0 Å². The van der Waals surface area contributed by atoms with Crippen molar-refractivity contribution in [3.8, 4) is 5.75 Å². The lowest BCUT2D eigenvalue weighted by atomic mass is 10.1. The molecular weight excluding hydrogens is 210 g/mol. The topological polar surface area (TPSA) is 21.3 Å². The molecule has 1 saturated heterocycles. The van der Waals surface area contributed by atoms with Gasteiger partial charge in [-0.3, -0.25) is 0 Å². The monoisotopic (exact) mass is 227 g/mol. The molecular formula is C12H18ClNO. The lowest BCUT2D eigenvalue weighted by Gasteiger charge is -2.12. The van der Waals surface area contributed by atoms with Gasteiger partial charge in [-0.25, -0.2) is 0 Å². The molecule has 84 valence electrons. The zero-order valence-corrected chi connectivity index (χ0v) is 9.85. The van der Waals surface area contributed by atoms with Crippen LogP contribution in [0.25, 0.3) is 0 Å². The number of nitrogens with one attached hydrogen (secondary N) is 1. The van der Waals surface area contributed by atoms with Crippen LogP contribution in [0.15, 0.2) is 24.3 Å². The summed E-state index contributed by atoms with van der Waals surface area (Å²) in [6, 6.07) is 8.38. The van der Waals surface area contributed by atoms with E-state index in [1.165, 1.54) is 5.56 Å². The minimum atomic E-state index is 0. The summed E-state index contributed by atoms with van der Waals surface area (Å²) in [7, 11) is 0. The zero-order valence-electron chi connectivity index (χ0n) is 9.03. The highest BCUT2D eigenvalue weighted by Gasteiger charge is 2.15. The number of ether oxygens (including phenoxy) is 1. The Morgan fingerprint density at radius 3 is 3.00 bits per heavy atom. The van der Waals surface area contributed by atoms with E-state index in [4.69, 9.17) is 4.74 Å². The summed E-state index contributed by atoms with van der Waals surface area (Å²) in [5, 5.41) is 3.30. The van der Waals surface area contributed by atoms with Crippen LogP contribution >= 0.6 is 12.4 Å². The average molecular weight is 228 g/mol. The molecule has 1 aromatic carbocycles. The van der Waals surface area contributed by atoms with Crippen LogP contribution in [0.2, 0.25) is 0 Å². The van der Waals surface area contributed by atoms with Crippen LogP contribution in [0.5, 0.6) is 5.75 Å². The quantitative estimate of drug-likeness (QED) is 0.857. The molecule has 1 heterocycles. The van der Waals surface area contributed by atoms with E-state index in [0.29, 0.717) is 6.10 Å². The van der Waals surface area contributed by atoms with Crippen LogP contribution in [-0.2, 0) is 6.42 Å². The normalized spacial score (nSPS) is 19.7. The summed E-state index contributed by atoms with van der Waals surface area (Å²) in [6.45, 7) is 4.23. The third kappa shape index (κ3) is 3.40. The summed E-state index contributed by atoms with van der Waals surface area (Å²) in [5.74, 6) is 1.01. The molecule has 1 atom stereocenters. The van der Waals surface area contributed by atoms with Gasteiger partial charge in [-0.15, -0.1) is 12.4 Å². The molecule has 0 bridgehead atoms. The van der Waals surface area contributed by atoms with Gasteiger partial charge in [-0.1, -0.05) is 19.1 Å². The van der Waals surface area contributed by atoms with Crippen molar-refractivity contribution in [1.82, 2.24) is 5.32 Å². The maximum Gasteiger partial charge on any atom is 0.120 e. The fourth-order valence-corrected chi connectivity index (χ4v) is 1.76. The van der Waals surface area contributed by atoms with Crippen molar-refractivity contribution in [2.45, 2.75) is 25.9 Å². The largest absolute Gasteiger partial charge is 0.489 e. The van der Waals surface area contributed by atoms with Crippen molar-refractivity contribution in [2.24, 2.45) is 0 Å². The van der Waals surface area contributed by atoms with Crippen molar-refractivity contribution < 1.29 is 4.74 Å². The third-order valence-electron chi connectivity index (χ3n) is 2.62. The molecule has 1 fully saturated rings. The van der Waals surface area contributed by atoms with Crippen LogP contribution in [-0.4, -0.2) is 19.2 Å². The summed E-state index contributed by atoms with van der Waals surface area (Å²) < 4.78 is 5.86. The van der Waals surface area contributed by atoms with Crippen molar-refractivity contribution in [3.63, 3.8) is 0 Å². The molecule has 3 heteroatoms. The predicted molar refractivity (Wildman–Crippen MR) is 65.0 cm³/mol. The second kappa shape index (κ2) is 5.99. The maximum atomic E-state index is 5.86. The van der Waals surface area contributed by atoms with E-state index in [1.54, 1.807) is 0 Å². The molecule has 1 aliphatic heterocycles. The minimum Gasteiger partial charge on any atom is -0.489 e. The van der Waals surface area contributed by atoms with Gasteiger partial charge in [0.2, 0.25) is 0 Å². The predicted octanol–water partition coefficient (Wildman–Crippen LogP) is 2.41. The first-order chi connectivity index (χ1) is 6.88. The number of hydrogen-bond donors (Lipinski definition) is 1. The average Bonchev–Trinajstić information content (AvgIpc) is 2.71. The van der Waals surface area contributed by atoms with Crippen molar-refractivity contribution in [1.29, 1.82) is 0 Å². The first kappa shape index (κ1) is 12.3. The molecule has 15 heavy (non-hydrogen) atoms. The first-order valence-corrected chi connectivity index (χ1v) is 5.35. The lowest BCUT2D eigenvalue weighted by Crippen LogP contribution is -2.19. The van der Waals surface area contributed by atoms with E-state index in [2.05, 4.69) is 30.4 Å². The van der Waals surface area contributed by atoms with Gasteiger partial charge in [0, 0.05) is 6.54 Å². The van der Waals surface area contributed by atoms with Gasteiger partial charge >= 0.3 is 0 Å². The van der Waals surface area contributed by atoms with E-state index in [1.807, 2.05) is 6.07 Å². The van der Waals surface area contributed by atoms with E-state index < -0.39 is 0 Å². The Bertz CT molecular complexity index is 297. The molecule has 1 N–H and O–H groups in total. The Hall–Kier alpha value is -0.730.